The first-order chi connectivity index (χ1) is 13.5. The van der Waals surface area contributed by atoms with Gasteiger partial charge in [-0.3, -0.25) is 9.59 Å². The van der Waals surface area contributed by atoms with Crippen LogP contribution < -0.4 is 0 Å². The summed E-state index contributed by atoms with van der Waals surface area (Å²) in [5.41, 5.74) is 1.10. The van der Waals surface area contributed by atoms with Crippen molar-refractivity contribution in [3.05, 3.63) is 58.3 Å². The van der Waals surface area contributed by atoms with Crippen LogP contribution >= 0.6 is 11.3 Å². The Morgan fingerprint density at radius 3 is 2.32 bits per heavy atom. The summed E-state index contributed by atoms with van der Waals surface area (Å²) in [6.07, 6.45) is 2.29. The third kappa shape index (κ3) is 7.12. The highest BCUT2D eigenvalue weighted by Crippen LogP contribution is 2.16. The van der Waals surface area contributed by atoms with Crippen LogP contribution in [0, 0.1) is 5.92 Å². The van der Waals surface area contributed by atoms with Gasteiger partial charge in [0.05, 0.1) is 13.1 Å². The molecule has 0 aliphatic heterocycles. The van der Waals surface area contributed by atoms with E-state index in [9.17, 15) is 9.59 Å². The molecule has 0 aliphatic carbocycles. The lowest BCUT2D eigenvalue weighted by molar-refractivity contribution is -0.141. The number of carbonyl (C=O) groups is 2. The van der Waals surface area contributed by atoms with E-state index in [2.05, 4.69) is 19.9 Å². The van der Waals surface area contributed by atoms with Crippen LogP contribution in [0.4, 0.5) is 0 Å². The van der Waals surface area contributed by atoms with Crippen LogP contribution in [0.2, 0.25) is 0 Å². The van der Waals surface area contributed by atoms with E-state index in [1.54, 1.807) is 16.2 Å². The summed E-state index contributed by atoms with van der Waals surface area (Å²) >= 11 is 1.65. The predicted octanol–water partition coefficient (Wildman–Crippen LogP) is 4.95. The molecule has 2 rings (SSSR count). The minimum Gasteiger partial charge on any atom is -0.333 e. The molecule has 1 aromatic carbocycles. The van der Waals surface area contributed by atoms with Crippen LogP contribution in [0.25, 0.3) is 0 Å². The zero-order valence-electron chi connectivity index (χ0n) is 17.3. The van der Waals surface area contributed by atoms with Gasteiger partial charge in [-0.15, -0.1) is 11.3 Å². The number of hydrogen-bond acceptors (Lipinski definition) is 3. The Hall–Kier alpha value is -2.14. The molecule has 1 heterocycles. The molecule has 5 heteroatoms. The lowest BCUT2D eigenvalue weighted by Gasteiger charge is -2.29. The molecule has 2 amide bonds. The van der Waals surface area contributed by atoms with E-state index < -0.39 is 0 Å². The summed E-state index contributed by atoms with van der Waals surface area (Å²) in [5, 5.41) is 2.03. The number of nitrogens with zero attached hydrogens (tertiary/aromatic N) is 2. The molecule has 2 aromatic rings. The number of benzene rings is 1. The van der Waals surface area contributed by atoms with E-state index in [0.29, 0.717) is 32.0 Å². The molecular weight excluding hydrogens is 368 g/mol. The van der Waals surface area contributed by atoms with Gasteiger partial charge in [-0.25, -0.2) is 0 Å². The van der Waals surface area contributed by atoms with Gasteiger partial charge in [0.25, 0.3) is 0 Å². The average molecular weight is 401 g/mol. The molecule has 0 saturated heterocycles. The van der Waals surface area contributed by atoms with Crippen molar-refractivity contribution in [2.75, 3.05) is 13.1 Å². The fourth-order valence-corrected chi connectivity index (χ4v) is 3.74. The maximum Gasteiger partial charge on any atom is 0.242 e. The third-order valence-corrected chi connectivity index (χ3v) is 5.73. The molecule has 0 fully saturated rings. The van der Waals surface area contributed by atoms with Crippen LogP contribution in [0.1, 0.15) is 50.5 Å². The molecule has 0 radical (unpaired) electrons. The molecule has 4 nitrogen and oxygen atoms in total. The van der Waals surface area contributed by atoms with Crippen molar-refractivity contribution in [1.29, 1.82) is 0 Å². The second-order valence-electron chi connectivity index (χ2n) is 7.35. The lowest BCUT2D eigenvalue weighted by atomic mass is 10.1. The Balaban J connectivity index is 2.14. The molecular formula is C23H32N2O2S. The molecule has 0 unspecified atom stereocenters. The zero-order chi connectivity index (χ0) is 20.4. The summed E-state index contributed by atoms with van der Waals surface area (Å²) in [4.78, 5) is 30.6. The topological polar surface area (TPSA) is 40.6 Å². The zero-order valence-corrected chi connectivity index (χ0v) is 18.1. The molecule has 0 spiro atoms. The maximum atomic E-state index is 13.2. The summed E-state index contributed by atoms with van der Waals surface area (Å²) in [5.74, 6) is 0.463. The highest BCUT2D eigenvalue weighted by molar-refractivity contribution is 7.09. The van der Waals surface area contributed by atoms with E-state index in [-0.39, 0.29) is 18.4 Å². The van der Waals surface area contributed by atoms with Crippen molar-refractivity contribution in [1.82, 2.24) is 9.80 Å². The lowest BCUT2D eigenvalue weighted by Crippen LogP contribution is -2.44. The molecule has 0 bridgehead atoms. The quantitative estimate of drug-likeness (QED) is 0.535. The molecule has 152 valence electrons. The summed E-state index contributed by atoms with van der Waals surface area (Å²) < 4.78 is 0. The van der Waals surface area contributed by atoms with Crippen molar-refractivity contribution >= 4 is 23.2 Å². The van der Waals surface area contributed by atoms with Crippen molar-refractivity contribution in [3.8, 4) is 0 Å². The van der Waals surface area contributed by atoms with Crippen molar-refractivity contribution in [2.24, 2.45) is 5.92 Å². The fourth-order valence-electron chi connectivity index (χ4n) is 3.02. The van der Waals surface area contributed by atoms with E-state index in [4.69, 9.17) is 0 Å². The van der Waals surface area contributed by atoms with Gasteiger partial charge in [0.2, 0.25) is 11.8 Å². The van der Waals surface area contributed by atoms with Crippen LogP contribution in [0.3, 0.4) is 0 Å². The highest BCUT2D eigenvalue weighted by Gasteiger charge is 2.22. The minimum absolute atomic E-state index is 0.00464. The summed E-state index contributed by atoms with van der Waals surface area (Å²) in [6.45, 7) is 8.17. The third-order valence-electron chi connectivity index (χ3n) is 4.87. The molecule has 1 aromatic heterocycles. The normalized spacial score (nSPS) is 11.8. The Kier molecular flexibility index (Phi) is 9.21. The summed E-state index contributed by atoms with van der Waals surface area (Å²) in [7, 11) is 0. The highest BCUT2D eigenvalue weighted by atomic mass is 32.1. The van der Waals surface area contributed by atoms with Gasteiger partial charge in [-0.2, -0.15) is 0 Å². The van der Waals surface area contributed by atoms with Crippen LogP contribution in [-0.4, -0.2) is 34.7 Å². The second kappa shape index (κ2) is 11.6. The van der Waals surface area contributed by atoms with Crippen molar-refractivity contribution < 1.29 is 9.59 Å². The van der Waals surface area contributed by atoms with E-state index >= 15 is 0 Å². The Morgan fingerprint density at radius 2 is 1.71 bits per heavy atom. The minimum atomic E-state index is 0.00464. The predicted molar refractivity (Wildman–Crippen MR) is 116 cm³/mol. The smallest absolute Gasteiger partial charge is 0.242 e. The van der Waals surface area contributed by atoms with Gasteiger partial charge in [-0.05, 0) is 29.3 Å². The number of hydrogen-bond donors (Lipinski definition) is 0. The number of rotatable bonds is 11. The van der Waals surface area contributed by atoms with E-state index in [1.807, 2.05) is 53.6 Å². The van der Waals surface area contributed by atoms with Crippen molar-refractivity contribution in [3.63, 3.8) is 0 Å². The first kappa shape index (κ1) is 22.2. The molecule has 0 aliphatic rings. The van der Waals surface area contributed by atoms with Crippen LogP contribution in [0.5, 0.6) is 0 Å². The summed E-state index contributed by atoms with van der Waals surface area (Å²) in [6, 6.07) is 14.1. The molecule has 1 atom stereocenters. The largest absolute Gasteiger partial charge is 0.333 e. The molecule has 0 saturated carbocycles. The Labute approximate surface area is 173 Å². The van der Waals surface area contributed by atoms with Crippen LogP contribution in [0.15, 0.2) is 47.8 Å². The number of amides is 2. The van der Waals surface area contributed by atoms with E-state index in [1.165, 1.54) is 0 Å². The molecule has 0 N–H and O–H groups in total. The van der Waals surface area contributed by atoms with Gasteiger partial charge < -0.3 is 9.80 Å². The monoisotopic (exact) mass is 400 g/mol. The standard InChI is InChI=1S/C23H32N2O2S/c1-4-10-22(26)24(15-19(3)5-2)18-23(27)25(17-21-13-9-14-28-21)16-20-11-7-6-8-12-20/h6-9,11-14,19H,4-5,10,15-18H2,1-3H3/t19-/m1/s1. The number of thiophene rings is 1. The Morgan fingerprint density at radius 1 is 0.964 bits per heavy atom. The average Bonchev–Trinajstić information content (AvgIpc) is 3.21. The first-order valence-electron chi connectivity index (χ1n) is 10.1. The van der Waals surface area contributed by atoms with Crippen molar-refractivity contribution in [2.45, 2.75) is 53.1 Å². The van der Waals surface area contributed by atoms with Gasteiger partial charge in [0, 0.05) is 24.4 Å². The first-order valence-corrected chi connectivity index (χ1v) is 11.0. The fraction of sp³-hybridized carbons (Fsp3) is 0.478. The van der Waals surface area contributed by atoms with Gasteiger partial charge >= 0.3 is 0 Å². The molecule has 28 heavy (non-hydrogen) atoms. The van der Waals surface area contributed by atoms with E-state index in [0.717, 1.165) is 23.3 Å². The number of carbonyl (C=O) groups excluding carboxylic acids is 2. The maximum absolute atomic E-state index is 13.2. The second-order valence-corrected chi connectivity index (χ2v) is 8.38. The van der Waals surface area contributed by atoms with Gasteiger partial charge in [0.1, 0.15) is 0 Å². The SMILES string of the molecule is CCCC(=O)N(CC(=O)N(Cc1ccccc1)Cc1cccs1)C[C@H](C)CC. The Bertz CT molecular complexity index is 715. The van der Waals surface area contributed by atoms with Gasteiger partial charge in [0.15, 0.2) is 0 Å². The van der Waals surface area contributed by atoms with Gasteiger partial charge in [-0.1, -0.05) is 63.6 Å². The van der Waals surface area contributed by atoms with Crippen LogP contribution in [-0.2, 0) is 22.7 Å².